The fourth-order valence-electron chi connectivity index (χ4n) is 2.97. The van der Waals surface area contributed by atoms with E-state index >= 15 is 0 Å². The van der Waals surface area contributed by atoms with E-state index in [9.17, 15) is 23.2 Å². The molecule has 8 heteroatoms. The second kappa shape index (κ2) is 8.16. The zero-order valence-corrected chi connectivity index (χ0v) is 15.2. The SMILES string of the molecule is CC(=O)N1CCN(C(=O)c2ccc(C(=O)Nc3c(F)cccc3F)cc2)CC1. The Morgan fingerprint density at radius 2 is 1.32 bits per heavy atom. The molecule has 1 aliphatic heterocycles. The first-order chi connectivity index (χ1) is 13.4. The van der Waals surface area contributed by atoms with E-state index < -0.39 is 23.2 Å². The molecular formula is C20H19F2N3O3. The molecule has 0 bridgehead atoms. The summed E-state index contributed by atoms with van der Waals surface area (Å²) in [5.74, 6) is -2.64. The normalized spacial score (nSPS) is 14.0. The highest BCUT2D eigenvalue weighted by atomic mass is 19.1. The average Bonchev–Trinajstić information content (AvgIpc) is 2.70. The molecule has 0 spiro atoms. The number of hydrogen-bond acceptors (Lipinski definition) is 3. The third kappa shape index (κ3) is 4.16. The lowest BCUT2D eigenvalue weighted by molar-refractivity contribution is -0.130. The van der Waals surface area contributed by atoms with E-state index in [2.05, 4.69) is 5.32 Å². The van der Waals surface area contributed by atoms with Crippen LogP contribution in [0.5, 0.6) is 0 Å². The number of carbonyl (C=O) groups is 3. The number of halogens is 2. The second-order valence-corrected chi connectivity index (χ2v) is 6.43. The van der Waals surface area contributed by atoms with Crippen molar-refractivity contribution >= 4 is 23.4 Å². The Morgan fingerprint density at radius 3 is 1.86 bits per heavy atom. The van der Waals surface area contributed by atoms with Crippen molar-refractivity contribution in [3.8, 4) is 0 Å². The van der Waals surface area contributed by atoms with E-state index in [1.807, 2.05) is 0 Å². The predicted molar refractivity (Wildman–Crippen MR) is 98.9 cm³/mol. The molecule has 1 saturated heterocycles. The van der Waals surface area contributed by atoms with Crippen LogP contribution in [0.3, 0.4) is 0 Å². The highest BCUT2D eigenvalue weighted by Gasteiger charge is 2.23. The van der Waals surface area contributed by atoms with Gasteiger partial charge in [0, 0.05) is 44.2 Å². The number of nitrogens with zero attached hydrogens (tertiary/aromatic N) is 2. The number of anilines is 1. The first kappa shape index (κ1) is 19.5. The molecule has 1 heterocycles. The van der Waals surface area contributed by atoms with Crippen LogP contribution in [0.25, 0.3) is 0 Å². The maximum absolute atomic E-state index is 13.7. The first-order valence-electron chi connectivity index (χ1n) is 8.77. The van der Waals surface area contributed by atoms with Gasteiger partial charge in [0.25, 0.3) is 11.8 Å². The van der Waals surface area contributed by atoms with Gasteiger partial charge in [0.05, 0.1) is 0 Å². The number of nitrogens with one attached hydrogen (secondary N) is 1. The summed E-state index contributed by atoms with van der Waals surface area (Å²) in [4.78, 5) is 39.5. The van der Waals surface area contributed by atoms with Crippen molar-refractivity contribution in [2.75, 3.05) is 31.5 Å². The Balaban J connectivity index is 1.65. The minimum atomic E-state index is -0.871. The predicted octanol–water partition coefficient (Wildman–Crippen LogP) is 2.52. The second-order valence-electron chi connectivity index (χ2n) is 6.43. The smallest absolute Gasteiger partial charge is 0.255 e. The third-order valence-electron chi connectivity index (χ3n) is 4.61. The van der Waals surface area contributed by atoms with E-state index in [0.717, 1.165) is 12.1 Å². The monoisotopic (exact) mass is 387 g/mol. The first-order valence-corrected chi connectivity index (χ1v) is 8.77. The topological polar surface area (TPSA) is 69.7 Å². The van der Waals surface area contributed by atoms with Gasteiger partial charge in [-0.3, -0.25) is 14.4 Å². The molecule has 146 valence electrons. The molecule has 0 atom stereocenters. The maximum atomic E-state index is 13.7. The highest BCUT2D eigenvalue weighted by Crippen LogP contribution is 2.19. The Morgan fingerprint density at radius 1 is 0.821 bits per heavy atom. The third-order valence-corrected chi connectivity index (χ3v) is 4.61. The van der Waals surface area contributed by atoms with Crippen LogP contribution in [0.15, 0.2) is 42.5 Å². The molecule has 0 aromatic heterocycles. The van der Waals surface area contributed by atoms with Crippen LogP contribution in [0.4, 0.5) is 14.5 Å². The molecule has 6 nitrogen and oxygen atoms in total. The van der Waals surface area contributed by atoms with Gasteiger partial charge in [0.15, 0.2) is 0 Å². The Bertz CT molecular complexity index is 887. The molecule has 3 rings (SSSR count). The molecule has 0 unspecified atom stereocenters. The van der Waals surface area contributed by atoms with Crippen LogP contribution in [0.1, 0.15) is 27.6 Å². The number of benzene rings is 2. The molecule has 0 aliphatic carbocycles. The van der Waals surface area contributed by atoms with Gasteiger partial charge in [-0.15, -0.1) is 0 Å². The van der Waals surface area contributed by atoms with Crippen LogP contribution in [-0.2, 0) is 4.79 Å². The summed E-state index contributed by atoms with van der Waals surface area (Å²) in [6.07, 6.45) is 0. The van der Waals surface area contributed by atoms with Crippen molar-refractivity contribution in [3.63, 3.8) is 0 Å². The molecule has 2 aromatic rings. The Labute approximate surface area is 160 Å². The molecule has 0 radical (unpaired) electrons. The van der Waals surface area contributed by atoms with Crippen LogP contribution >= 0.6 is 0 Å². The fourth-order valence-corrected chi connectivity index (χ4v) is 2.97. The zero-order chi connectivity index (χ0) is 20.3. The highest BCUT2D eigenvalue weighted by molar-refractivity contribution is 6.05. The van der Waals surface area contributed by atoms with Crippen LogP contribution in [-0.4, -0.2) is 53.7 Å². The summed E-state index contributed by atoms with van der Waals surface area (Å²) in [5, 5.41) is 2.20. The van der Waals surface area contributed by atoms with Gasteiger partial charge in [-0.05, 0) is 36.4 Å². The van der Waals surface area contributed by atoms with E-state index in [1.54, 1.807) is 9.80 Å². The lowest BCUT2D eigenvalue weighted by atomic mass is 10.1. The van der Waals surface area contributed by atoms with Crippen LogP contribution in [0, 0.1) is 11.6 Å². The van der Waals surface area contributed by atoms with E-state index in [4.69, 9.17) is 0 Å². The summed E-state index contributed by atoms with van der Waals surface area (Å²) < 4.78 is 27.3. The average molecular weight is 387 g/mol. The molecule has 1 N–H and O–H groups in total. The van der Waals surface area contributed by atoms with Gasteiger partial charge >= 0.3 is 0 Å². The molecule has 0 saturated carbocycles. The lowest BCUT2D eigenvalue weighted by Gasteiger charge is -2.34. The van der Waals surface area contributed by atoms with Gasteiger partial charge in [-0.1, -0.05) is 6.07 Å². The summed E-state index contributed by atoms with van der Waals surface area (Å²) in [5.41, 5.74) is 0.0431. The van der Waals surface area contributed by atoms with E-state index in [-0.39, 0.29) is 17.4 Å². The summed E-state index contributed by atoms with van der Waals surface area (Å²) in [7, 11) is 0. The lowest BCUT2D eigenvalue weighted by Crippen LogP contribution is -2.50. The molecule has 1 fully saturated rings. The van der Waals surface area contributed by atoms with Crippen molar-refractivity contribution in [1.82, 2.24) is 9.80 Å². The summed E-state index contributed by atoms with van der Waals surface area (Å²) in [6.45, 7) is 3.33. The number of rotatable bonds is 3. The van der Waals surface area contributed by atoms with E-state index in [0.29, 0.717) is 31.7 Å². The Kier molecular flexibility index (Phi) is 5.67. The zero-order valence-electron chi connectivity index (χ0n) is 15.2. The van der Waals surface area contributed by atoms with Crippen LogP contribution in [0.2, 0.25) is 0 Å². The number of piperazine rings is 1. The molecule has 3 amide bonds. The summed E-state index contributed by atoms with van der Waals surface area (Å²) >= 11 is 0. The maximum Gasteiger partial charge on any atom is 0.255 e. The Hall–Kier alpha value is -3.29. The largest absolute Gasteiger partial charge is 0.339 e. The van der Waals surface area contributed by atoms with Gasteiger partial charge in [0.1, 0.15) is 17.3 Å². The minimum absolute atomic E-state index is 0.0197. The van der Waals surface area contributed by atoms with Crippen molar-refractivity contribution < 1.29 is 23.2 Å². The van der Waals surface area contributed by atoms with Crippen molar-refractivity contribution in [1.29, 1.82) is 0 Å². The molecule has 2 aromatic carbocycles. The fraction of sp³-hybridized carbons (Fsp3) is 0.250. The summed E-state index contributed by atoms with van der Waals surface area (Å²) in [6, 6.07) is 9.13. The molecule has 28 heavy (non-hydrogen) atoms. The number of carbonyl (C=O) groups excluding carboxylic acids is 3. The number of hydrogen-bond donors (Lipinski definition) is 1. The van der Waals surface area contributed by atoms with Gasteiger partial charge < -0.3 is 15.1 Å². The number of para-hydroxylation sites is 1. The van der Waals surface area contributed by atoms with Gasteiger partial charge in [-0.2, -0.15) is 0 Å². The van der Waals surface area contributed by atoms with E-state index in [1.165, 1.54) is 37.3 Å². The van der Waals surface area contributed by atoms with Gasteiger partial charge in [0.2, 0.25) is 5.91 Å². The standard InChI is InChI=1S/C20H19F2N3O3/c1-13(26)24-9-11-25(12-10-24)20(28)15-7-5-14(6-8-15)19(27)23-18-16(21)3-2-4-17(18)22/h2-8H,9-12H2,1H3,(H,23,27). The molecular weight excluding hydrogens is 368 g/mol. The van der Waals surface area contributed by atoms with Crippen molar-refractivity contribution in [2.24, 2.45) is 0 Å². The number of amides is 3. The minimum Gasteiger partial charge on any atom is -0.339 e. The molecule has 1 aliphatic rings. The van der Waals surface area contributed by atoms with Gasteiger partial charge in [-0.25, -0.2) is 8.78 Å². The van der Waals surface area contributed by atoms with Crippen molar-refractivity contribution in [3.05, 3.63) is 65.2 Å². The van der Waals surface area contributed by atoms with Crippen LogP contribution < -0.4 is 5.32 Å². The van der Waals surface area contributed by atoms with Crippen molar-refractivity contribution in [2.45, 2.75) is 6.92 Å². The quantitative estimate of drug-likeness (QED) is 0.880.